The minimum Gasteiger partial charge on any atom is -0.338 e. The second-order valence-electron chi connectivity index (χ2n) is 4.04. The van der Waals surface area contributed by atoms with E-state index in [2.05, 4.69) is 21.2 Å². The molecule has 0 aromatic heterocycles. The quantitative estimate of drug-likeness (QED) is 0.892. The number of halogens is 4. The summed E-state index contributed by atoms with van der Waals surface area (Å²) in [5, 5.41) is 2.06. The zero-order valence-electron chi connectivity index (χ0n) is 8.64. The van der Waals surface area contributed by atoms with Crippen LogP contribution in [0.3, 0.4) is 0 Å². The fourth-order valence-corrected chi connectivity index (χ4v) is 1.76. The van der Waals surface area contributed by atoms with Gasteiger partial charge >= 0.3 is 6.18 Å². The Hall–Kier alpha value is -1.04. The van der Waals surface area contributed by atoms with Gasteiger partial charge in [-0.2, -0.15) is 13.2 Å². The van der Waals surface area contributed by atoms with E-state index in [-0.39, 0.29) is 18.4 Å². The van der Waals surface area contributed by atoms with Gasteiger partial charge in [-0.15, -0.1) is 0 Å². The molecule has 1 fully saturated rings. The Bertz CT molecular complexity index is 437. The Balaban J connectivity index is 2.10. The fourth-order valence-electron chi connectivity index (χ4n) is 1.50. The molecular weight excluding hydrogens is 299 g/mol. The van der Waals surface area contributed by atoms with Crippen molar-refractivity contribution < 1.29 is 18.0 Å². The van der Waals surface area contributed by atoms with Crippen LogP contribution in [0, 0.1) is 0 Å². The monoisotopic (exact) mass is 307 g/mol. The van der Waals surface area contributed by atoms with Crippen molar-refractivity contribution in [1.29, 1.82) is 0 Å². The van der Waals surface area contributed by atoms with Gasteiger partial charge in [0, 0.05) is 10.0 Å². The van der Waals surface area contributed by atoms with Crippen molar-refractivity contribution in [1.82, 2.24) is 5.32 Å². The predicted octanol–water partition coefficient (Wildman–Crippen LogP) is 3.27. The van der Waals surface area contributed by atoms with E-state index < -0.39 is 17.6 Å². The maximum Gasteiger partial charge on any atom is 0.411 e. The molecule has 0 saturated heterocycles. The van der Waals surface area contributed by atoms with Gasteiger partial charge in [0.2, 0.25) is 0 Å². The van der Waals surface area contributed by atoms with Crippen LogP contribution in [0.2, 0.25) is 0 Å². The summed E-state index contributed by atoms with van der Waals surface area (Å²) in [5.41, 5.74) is -1.78. The van der Waals surface area contributed by atoms with Crippen LogP contribution in [-0.4, -0.2) is 17.6 Å². The molecule has 0 unspecified atom stereocenters. The second kappa shape index (κ2) is 4.01. The normalized spacial score (nSPS) is 17.6. The molecule has 2 rings (SSSR count). The molecule has 1 aliphatic carbocycles. The third kappa shape index (κ3) is 2.46. The number of hydrogen-bond acceptors (Lipinski definition) is 1. The van der Waals surface area contributed by atoms with Crippen LogP contribution in [0.1, 0.15) is 23.2 Å². The SMILES string of the molecule is O=C(NC1(C(F)(F)F)CC1)c1ccc(Br)cc1. The van der Waals surface area contributed by atoms with Crippen molar-refractivity contribution in [2.24, 2.45) is 0 Å². The minimum absolute atomic E-state index is 0.0429. The van der Waals surface area contributed by atoms with Gasteiger partial charge in [0.05, 0.1) is 0 Å². The highest BCUT2D eigenvalue weighted by Crippen LogP contribution is 2.49. The molecule has 1 N–H and O–H groups in total. The van der Waals surface area contributed by atoms with Gasteiger partial charge < -0.3 is 5.32 Å². The highest BCUT2D eigenvalue weighted by atomic mass is 79.9. The van der Waals surface area contributed by atoms with E-state index in [4.69, 9.17) is 0 Å². The lowest BCUT2D eigenvalue weighted by Gasteiger charge is -2.20. The second-order valence-corrected chi connectivity index (χ2v) is 4.96. The molecule has 2 nitrogen and oxygen atoms in total. The first-order chi connectivity index (χ1) is 7.84. The molecule has 1 aliphatic rings. The average Bonchev–Trinajstić information content (AvgIpc) is 2.98. The molecule has 0 bridgehead atoms. The molecule has 0 radical (unpaired) electrons. The number of benzene rings is 1. The number of amides is 1. The summed E-state index contributed by atoms with van der Waals surface area (Å²) in [6.45, 7) is 0. The summed E-state index contributed by atoms with van der Waals surface area (Å²) in [6.07, 6.45) is -4.46. The average molecular weight is 308 g/mol. The van der Waals surface area contributed by atoms with Crippen LogP contribution in [0.4, 0.5) is 13.2 Å². The van der Waals surface area contributed by atoms with Crippen molar-refractivity contribution in [3.8, 4) is 0 Å². The summed E-state index contributed by atoms with van der Waals surface area (Å²) in [7, 11) is 0. The van der Waals surface area contributed by atoms with Crippen LogP contribution in [0.15, 0.2) is 28.7 Å². The molecule has 1 aromatic carbocycles. The van der Waals surface area contributed by atoms with Crippen LogP contribution >= 0.6 is 15.9 Å². The van der Waals surface area contributed by atoms with Gasteiger partial charge in [-0.3, -0.25) is 4.79 Å². The van der Waals surface area contributed by atoms with Gasteiger partial charge in [0.15, 0.2) is 0 Å². The van der Waals surface area contributed by atoms with Crippen molar-refractivity contribution in [3.05, 3.63) is 34.3 Å². The summed E-state index contributed by atoms with van der Waals surface area (Å²) in [6, 6.07) is 6.18. The van der Waals surface area contributed by atoms with Crippen LogP contribution in [-0.2, 0) is 0 Å². The summed E-state index contributed by atoms with van der Waals surface area (Å²) in [4.78, 5) is 11.6. The Morgan fingerprint density at radius 2 is 1.76 bits per heavy atom. The Labute approximate surface area is 104 Å². The summed E-state index contributed by atoms with van der Waals surface area (Å²) >= 11 is 3.19. The molecule has 0 spiro atoms. The van der Waals surface area contributed by atoms with E-state index >= 15 is 0 Å². The maximum atomic E-state index is 12.6. The lowest BCUT2D eigenvalue weighted by Crippen LogP contribution is -2.47. The van der Waals surface area contributed by atoms with Crippen molar-refractivity contribution in [3.63, 3.8) is 0 Å². The van der Waals surface area contributed by atoms with Gasteiger partial charge in [-0.1, -0.05) is 15.9 Å². The van der Waals surface area contributed by atoms with Gasteiger partial charge in [-0.25, -0.2) is 0 Å². The molecule has 1 amide bonds. The van der Waals surface area contributed by atoms with Gasteiger partial charge in [0.1, 0.15) is 5.54 Å². The Kier molecular flexibility index (Phi) is 2.93. The van der Waals surface area contributed by atoms with E-state index in [9.17, 15) is 18.0 Å². The topological polar surface area (TPSA) is 29.1 Å². The van der Waals surface area contributed by atoms with E-state index in [1.807, 2.05) is 0 Å². The predicted molar refractivity (Wildman–Crippen MR) is 59.6 cm³/mol. The first-order valence-electron chi connectivity index (χ1n) is 4.99. The number of carbonyl (C=O) groups excluding carboxylic acids is 1. The van der Waals surface area contributed by atoms with E-state index in [0.717, 1.165) is 4.47 Å². The van der Waals surface area contributed by atoms with E-state index in [0.29, 0.717) is 0 Å². The number of alkyl halides is 3. The molecular formula is C11H9BrF3NO. The third-order valence-corrected chi connectivity index (χ3v) is 3.28. The molecule has 1 aromatic rings. The summed E-state index contributed by atoms with van der Waals surface area (Å²) < 4.78 is 38.6. The van der Waals surface area contributed by atoms with Crippen LogP contribution in [0.25, 0.3) is 0 Å². The molecule has 92 valence electrons. The van der Waals surface area contributed by atoms with Gasteiger partial charge in [-0.05, 0) is 37.1 Å². The van der Waals surface area contributed by atoms with E-state index in [1.54, 1.807) is 12.1 Å². The number of hydrogen-bond donors (Lipinski definition) is 1. The molecule has 1 saturated carbocycles. The van der Waals surface area contributed by atoms with Gasteiger partial charge in [0.25, 0.3) is 5.91 Å². The molecule has 0 aliphatic heterocycles. The standard InChI is InChI=1S/C11H9BrF3NO/c12-8-3-1-7(2-4-8)9(17)16-10(5-6-10)11(13,14)15/h1-4H,5-6H2,(H,16,17). The highest BCUT2D eigenvalue weighted by molar-refractivity contribution is 9.10. The molecule has 6 heteroatoms. The Morgan fingerprint density at radius 3 is 2.18 bits per heavy atom. The Morgan fingerprint density at radius 1 is 1.24 bits per heavy atom. The number of nitrogens with one attached hydrogen (secondary N) is 1. The largest absolute Gasteiger partial charge is 0.411 e. The minimum atomic E-state index is -4.38. The number of carbonyl (C=O) groups is 1. The lowest BCUT2D eigenvalue weighted by molar-refractivity contribution is -0.163. The maximum absolute atomic E-state index is 12.6. The zero-order chi connectivity index (χ0) is 12.7. The fraction of sp³-hybridized carbons (Fsp3) is 0.364. The van der Waals surface area contributed by atoms with Crippen LogP contribution < -0.4 is 5.32 Å². The highest BCUT2D eigenvalue weighted by Gasteiger charge is 2.64. The molecule has 17 heavy (non-hydrogen) atoms. The lowest BCUT2D eigenvalue weighted by atomic mass is 10.2. The first-order valence-corrected chi connectivity index (χ1v) is 5.78. The third-order valence-electron chi connectivity index (χ3n) is 2.75. The van der Waals surface area contributed by atoms with Crippen molar-refractivity contribution in [2.45, 2.75) is 24.6 Å². The molecule has 0 atom stereocenters. The van der Waals surface area contributed by atoms with Crippen molar-refractivity contribution >= 4 is 21.8 Å². The first kappa shape index (κ1) is 12.4. The number of rotatable bonds is 2. The zero-order valence-corrected chi connectivity index (χ0v) is 10.2. The van der Waals surface area contributed by atoms with E-state index in [1.165, 1.54) is 12.1 Å². The smallest absolute Gasteiger partial charge is 0.338 e. The van der Waals surface area contributed by atoms with Crippen molar-refractivity contribution in [2.75, 3.05) is 0 Å². The van der Waals surface area contributed by atoms with Crippen LogP contribution in [0.5, 0.6) is 0 Å². The summed E-state index contributed by atoms with van der Waals surface area (Å²) in [5.74, 6) is -0.688. The molecule has 0 heterocycles.